The largest absolute Gasteiger partial charge is 0.337 e. The van der Waals surface area contributed by atoms with Crippen molar-refractivity contribution in [2.24, 2.45) is 5.92 Å². The fourth-order valence-corrected chi connectivity index (χ4v) is 3.13. The van der Waals surface area contributed by atoms with Crippen molar-refractivity contribution in [2.75, 3.05) is 13.1 Å². The molecule has 3 rings (SSSR count). The van der Waals surface area contributed by atoms with E-state index < -0.39 is 0 Å². The Balaban J connectivity index is 1.57. The molecule has 0 N–H and O–H groups in total. The average Bonchev–Trinajstić information content (AvgIpc) is 3.07. The second-order valence-electron chi connectivity index (χ2n) is 6.39. The van der Waals surface area contributed by atoms with Crippen molar-refractivity contribution in [1.82, 2.24) is 29.9 Å². The van der Waals surface area contributed by atoms with Crippen LogP contribution in [0.25, 0.3) is 0 Å². The Morgan fingerprint density at radius 2 is 2.29 bits per heavy atom. The normalized spacial score (nSPS) is 17.9. The van der Waals surface area contributed by atoms with E-state index in [0.29, 0.717) is 11.6 Å². The van der Waals surface area contributed by atoms with Crippen LogP contribution < -0.4 is 0 Å². The first kappa shape index (κ1) is 16.5. The van der Waals surface area contributed by atoms with Crippen molar-refractivity contribution in [3.8, 4) is 0 Å². The number of nitrogens with zero attached hydrogens (tertiary/aromatic N) is 6. The number of aryl methyl sites for hydroxylation is 1. The molecule has 1 aliphatic heterocycles. The summed E-state index contributed by atoms with van der Waals surface area (Å²) < 4.78 is 1.92. The number of piperidine rings is 1. The highest BCUT2D eigenvalue weighted by molar-refractivity contribution is 5.92. The second-order valence-corrected chi connectivity index (χ2v) is 6.39. The molecule has 0 spiro atoms. The number of amides is 1. The molecule has 1 atom stereocenters. The molecule has 0 aliphatic carbocycles. The van der Waals surface area contributed by atoms with Crippen molar-refractivity contribution in [1.29, 1.82) is 0 Å². The van der Waals surface area contributed by atoms with E-state index in [2.05, 4.69) is 27.2 Å². The molecule has 1 fully saturated rings. The lowest BCUT2D eigenvalue weighted by molar-refractivity contribution is 0.0653. The topological polar surface area (TPSA) is 76.8 Å². The highest BCUT2D eigenvalue weighted by Crippen LogP contribution is 2.19. The molecule has 0 unspecified atom stereocenters. The maximum absolute atomic E-state index is 12.5. The lowest BCUT2D eigenvalue weighted by Crippen LogP contribution is -2.41. The summed E-state index contributed by atoms with van der Waals surface area (Å²) in [6.45, 7) is 4.50. The first-order valence-corrected chi connectivity index (χ1v) is 8.70. The van der Waals surface area contributed by atoms with Gasteiger partial charge in [-0.2, -0.15) is 0 Å². The monoisotopic (exact) mass is 328 g/mol. The third kappa shape index (κ3) is 4.15. The molecule has 2 aromatic rings. The summed E-state index contributed by atoms with van der Waals surface area (Å²) in [4.78, 5) is 22.5. The molecule has 128 valence electrons. The summed E-state index contributed by atoms with van der Waals surface area (Å²) in [6.07, 6.45) is 12.1. The van der Waals surface area contributed by atoms with Crippen molar-refractivity contribution < 1.29 is 4.79 Å². The fourth-order valence-electron chi connectivity index (χ4n) is 3.13. The van der Waals surface area contributed by atoms with Crippen molar-refractivity contribution in [3.63, 3.8) is 0 Å². The van der Waals surface area contributed by atoms with Crippen LogP contribution in [0, 0.1) is 5.92 Å². The van der Waals surface area contributed by atoms with Gasteiger partial charge in [-0.3, -0.25) is 14.5 Å². The third-order valence-electron chi connectivity index (χ3n) is 4.41. The summed E-state index contributed by atoms with van der Waals surface area (Å²) in [5, 5.41) is 8.47. The molecule has 1 aliphatic rings. The zero-order valence-corrected chi connectivity index (χ0v) is 14.1. The quantitative estimate of drug-likeness (QED) is 0.810. The predicted octanol–water partition coefficient (Wildman–Crippen LogP) is 1.96. The molecule has 0 radical (unpaired) electrons. The standard InChI is InChI=1S/C17H24N6O/c1-2-3-6-15-13-23(21-20-15)12-14-5-4-9-22(11-14)17(24)16-10-18-7-8-19-16/h7-8,10,13-14H,2-6,9,11-12H2,1H3/t14-/m0/s1. The third-order valence-corrected chi connectivity index (χ3v) is 4.41. The van der Waals surface area contributed by atoms with E-state index in [1.165, 1.54) is 6.20 Å². The lowest BCUT2D eigenvalue weighted by atomic mass is 9.98. The summed E-state index contributed by atoms with van der Waals surface area (Å²) in [7, 11) is 0. The Kier molecular flexibility index (Phi) is 5.51. The Hall–Kier alpha value is -2.31. The number of aromatic nitrogens is 5. The number of hydrogen-bond acceptors (Lipinski definition) is 5. The highest BCUT2D eigenvalue weighted by Gasteiger charge is 2.25. The van der Waals surface area contributed by atoms with Crippen molar-refractivity contribution in [2.45, 2.75) is 45.6 Å². The Morgan fingerprint density at radius 1 is 1.38 bits per heavy atom. The average molecular weight is 328 g/mol. The van der Waals surface area contributed by atoms with Gasteiger partial charge in [0.15, 0.2) is 0 Å². The number of carbonyl (C=O) groups is 1. The van der Waals surface area contributed by atoms with Crippen LogP contribution in [0.4, 0.5) is 0 Å². The molecule has 24 heavy (non-hydrogen) atoms. The van der Waals surface area contributed by atoms with Gasteiger partial charge in [0, 0.05) is 38.2 Å². The van der Waals surface area contributed by atoms with Gasteiger partial charge in [0.2, 0.25) is 0 Å². The molecule has 7 heteroatoms. The van der Waals surface area contributed by atoms with E-state index in [0.717, 1.165) is 57.4 Å². The van der Waals surface area contributed by atoms with Gasteiger partial charge in [-0.05, 0) is 31.6 Å². The van der Waals surface area contributed by atoms with Crippen LogP contribution in [-0.2, 0) is 13.0 Å². The van der Waals surface area contributed by atoms with Crippen LogP contribution >= 0.6 is 0 Å². The zero-order valence-electron chi connectivity index (χ0n) is 14.1. The Labute approximate surface area is 142 Å². The molecule has 2 aromatic heterocycles. The minimum absolute atomic E-state index is 0.0324. The van der Waals surface area contributed by atoms with E-state index in [-0.39, 0.29) is 5.91 Å². The minimum atomic E-state index is -0.0324. The summed E-state index contributed by atoms with van der Waals surface area (Å²) in [5.41, 5.74) is 1.47. The van der Waals surface area contributed by atoms with E-state index in [1.54, 1.807) is 12.4 Å². The molecular formula is C17H24N6O. The molecule has 7 nitrogen and oxygen atoms in total. The maximum Gasteiger partial charge on any atom is 0.274 e. The van der Waals surface area contributed by atoms with E-state index >= 15 is 0 Å². The van der Waals surface area contributed by atoms with Gasteiger partial charge < -0.3 is 4.90 Å². The summed E-state index contributed by atoms with van der Waals surface area (Å²) in [6, 6.07) is 0. The molecule has 1 amide bonds. The van der Waals surface area contributed by atoms with E-state index in [9.17, 15) is 4.79 Å². The van der Waals surface area contributed by atoms with Crippen LogP contribution in [0.2, 0.25) is 0 Å². The number of likely N-dealkylation sites (tertiary alicyclic amines) is 1. The first-order chi connectivity index (χ1) is 11.8. The molecule has 0 aromatic carbocycles. The van der Waals surface area contributed by atoms with Crippen LogP contribution in [0.15, 0.2) is 24.8 Å². The smallest absolute Gasteiger partial charge is 0.274 e. The molecule has 1 saturated heterocycles. The molecular weight excluding hydrogens is 304 g/mol. The van der Waals surface area contributed by atoms with Crippen LogP contribution in [0.1, 0.15) is 48.8 Å². The van der Waals surface area contributed by atoms with Crippen molar-refractivity contribution >= 4 is 5.91 Å². The molecule has 0 bridgehead atoms. The number of rotatable bonds is 6. The zero-order chi connectivity index (χ0) is 16.8. The second kappa shape index (κ2) is 7.99. The van der Waals surface area contributed by atoms with Gasteiger partial charge in [0.1, 0.15) is 5.69 Å². The lowest BCUT2D eigenvalue weighted by Gasteiger charge is -2.32. The van der Waals surface area contributed by atoms with E-state index in [4.69, 9.17) is 0 Å². The number of unbranched alkanes of at least 4 members (excludes halogenated alkanes) is 1. The van der Waals surface area contributed by atoms with Gasteiger partial charge in [0.25, 0.3) is 5.91 Å². The molecule has 3 heterocycles. The first-order valence-electron chi connectivity index (χ1n) is 8.70. The number of hydrogen-bond donors (Lipinski definition) is 0. The van der Waals surface area contributed by atoms with Crippen LogP contribution in [0.3, 0.4) is 0 Å². The van der Waals surface area contributed by atoms with Gasteiger partial charge >= 0.3 is 0 Å². The SMILES string of the molecule is CCCCc1cn(C[C@H]2CCCN(C(=O)c3cnccn3)C2)nn1. The van der Waals surface area contributed by atoms with Gasteiger partial charge in [0.05, 0.1) is 11.9 Å². The molecule has 0 saturated carbocycles. The summed E-state index contributed by atoms with van der Waals surface area (Å²) in [5.74, 6) is 0.370. The summed E-state index contributed by atoms with van der Waals surface area (Å²) >= 11 is 0. The van der Waals surface area contributed by atoms with Gasteiger partial charge in [-0.1, -0.05) is 18.6 Å². The van der Waals surface area contributed by atoms with Crippen LogP contribution in [0.5, 0.6) is 0 Å². The highest BCUT2D eigenvalue weighted by atomic mass is 16.2. The fraction of sp³-hybridized carbons (Fsp3) is 0.588. The van der Waals surface area contributed by atoms with E-state index in [1.807, 2.05) is 15.8 Å². The Morgan fingerprint density at radius 3 is 3.08 bits per heavy atom. The van der Waals surface area contributed by atoms with Gasteiger partial charge in [-0.25, -0.2) is 4.98 Å². The Bertz CT molecular complexity index is 656. The predicted molar refractivity (Wildman–Crippen MR) is 89.3 cm³/mol. The van der Waals surface area contributed by atoms with Crippen molar-refractivity contribution in [3.05, 3.63) is 36.2 Å². The maximum atomic E-state index is 12.5. The van der Waals surface area contributed by atoms with Crippen LogP contribution in [-0.4, -0.2) is 48.9 Å². The van der Waals surface area contributed by atoms with Gasteiger partial charge in [-0.15, -0.1) is 5.10 Å². The number of carbonyl (C=O) groups excluding carboxylic acids is 1. The minimum Gasteiger partial charge on any atom is -0.337 e.